The maximum Gasteiger partial charge on any atom is 0.490 e. The van der Waals surface area contributed by atoms with Gasteiger partial charge < -0.3 is 15.5 Å². The van der Waals surface area contributed by atoms with Gasteiger partial charge in [-0.05, 0) is 49.9 Å². The van der Waals surface area contributed by atoms with E-state index in [4.69, 9.17) is 15.0 Å². The summed E-state index contributed by atoms with van der Waals surface area (Å²) in [5.41, 5.74) is 2.00. The van der Waals surface area contributed by atoms with Crippen molar-refractivity contribution in [3.8, 4) is 0 Å². The fourth-order valence-corrected chi connectivity index (χ4v) is 6.43. The quantitative estimate of drug-likeness (QED) is 0.283. The van der Waals surface area contributed by atoms with Gasteiger partial charge in [-0.3, -0.25) is 9.59 Å². The fourth-order valence-electron chi connectivity index (χ4n) is 2.99. The van der Waals surface area contributed by atoms with E-state index in [2.05, 4.69) is 5.32 Å². The summed E-state index contributed by atoms with van der Waals surface area (Å²) >= 11 is 0. The minimum absolute atomic E-state index is 0.0376. The number of benzene rings is 1. The molecule has 0 atom stereocenters. The lowest BCUT2D eigenvalue weighted by molar-refractivity contribution is -0.192. The first-order chi connectivity index (χ1) is 16.7. The van der Waals surface area contributed by atoms with Gasteiger partial charge >= 0.3 is 18.1 Å². The molecule has 1 saturated heterocycles. The molecule has 0 saturated carbocycles. The Hall–Kier alpha value is -1.97. The number of hydrogen-bond acceptors (Lipinski definition) is 7. The first-order valence-corrected chi connectivity index (χ1v) is 14.7. The number of hydrogen-bond donors (Lipinski definition) is 3. The highest BCUT2D eigenvalue weighted by Gasteiger charge is 2.38. The van der Waals surface area contributed by atoms with Crippen LogP contribution in [0.1, 0.15) is 30.4 Å². The lowest BCUT2D eigenvalue weighted by atomic mass is 9.97. The number of halogens is 3. The number of carbonyl (C=O) groups excluding carboxylic acids is 1. The number of aryl methyl sites for hydroxylation is 2. The van der Waals surface area contributed by atoms with Crippen LogP contribution in [0.5, 0.6) is 0 Å². The molecule has 1 amide bonds. The van der Waals surface area contributed by atoms with E-state index in [0.29, 0.717) is 48.9 Å². The van der Waals surface area contributed by atoms with Gasteiger partial charge in [0.05, 0.1) is 11.3 Å². The van der Waals surface area contributed by atoms with E-state index in [1.54, 1.807) is 12.1 Å². The van der Waals surface area contributed by atoms with Gasteiger partial charge in [0.2, 0.25) is 15.9 Å². The van der Waals surface area contributed by atoms with Crippen LogP contribution < -0.4 is 5.32 Å². The second-order valence-corrected chi connectivity index (χ2v) is 12.4. The molecule has 1 aromatic carbocycles. The molecule has 0 aliphatic carbocycles. The summed E-state index contributed by atoms with van der Waals surface area (Å²) in [6.07, 6.45) is -3.93. The molecule has 1 aromatic rings. The van der Waals surface area contributed by atoms with Gasteiger partial charge in [0.1, 0.15) is 0 Å². The first kappa shape index (κ1) is 32.1. The molecule has 1 aliphatic heterocycles. The summed E-state index contributed by atoms with van der Waals surface area (Å²) in [6, 6.07) is 5.17. The Bertz CT molecular complexity index is 1010. The predicted molar refractivity (Wildman–Crippen MR) is 131 cm³/mol. The van der Waals surface area contributed by atoms with E-state index in [9.17, 15) is 31.2 Å². The van der Waals surface area contributed by atoms with Crippen molar-refractivity contribution in [3.63, 3.8) is 0 Å². The number of sulfonamides is 1. The average molecular weight is 575 g/mol. The van der Waals surface area contributed by atoms with Crippen LogP contribution in [-0.4, -0.2) is 78.1 Å². The SMILES string of the molecule is Cc1ccc(S(=O)(=O)N2CCC(C(=O)NCCSSCCC(=O)O)CC2)cc1C.O=C(O)C(F)(F)F. The smallest absolute Gasteiger partial charge is 0.481 e. The number of nitrogens with one attached hydrogen (secondary N) is 1. The van der Waals surface area contributed by atoms with E-state index in [0.717, 1.165) is 11.1 Å². The Labute approximate surface area is 215 Å². The van der Waals surface area contributed by atoms with Gasteiger partial charge in [0.25, 0.3) is 0 Å². The van der Waals surface area contributed by atoms with Crippen LogP contribution >= 0.6 is 21.6 Å². The molecular weight excluding hydrogens is 545 g/mol. The summed E-state index contributed by atoms with van der Waals surface area (Å²) in [4.78, 5) is 31.9. The third-order valence-corrected chi connectivity index (χ3v) is 9.45. The summed E-state index contributed by atoms with van der Waals surface area (Å²) < 4.78 is 58.9. The van der Waals surface area contributed by atoms with Crippen LogP contribution in [0.25, 0.3) is 0 Å². The van der Waals surface area contributed by atoms with Crippen LogP contribution in [-0.2, 0) is 24.4 Å². The molecule has 0 unspecified atom stereocenters. The molecule has 1 aliphatic rings. The molecule has 9 nitrogen and oxygen atoms in total. The first-order valence-electron chi connectivity index (χ1n) is 10.8. The number of rotatable bonds is 10. The van der Waals surface area contributed by atoms with E-state index in [1.807, 2.05) is 19.9 Å². The number of alkyl halides is 3. The molecule has 0 bridgehead atoms. The normalized spacial score (nSPS) is 15.0. The standard InChI is InChI=1S/C19H28N2O5S3.C2HF3O2/c1-14-3-4-17(13-15(14)2)29(25,26)21-9-5-16(6-10-21)19(24)20-8-12-28-27-11-7-18(22)23;3-2(4,5)1(6)7/h3-4,13,16H,5-12H2,1-2H3,(H,20,24)(H,22,23);(H,6,7). The lowest BCUT2D eigenvalue weighted by Gasteiger charge is -2.30. The van der Waals surface area contributed by atoms with Crippen LogP contribution in [0.2, 0.25) is 0 Å². The highest BCUT2D eigenvalue weighted by atomic mass is 33.1. The largest absolute Gasteiger partial charge is 0.490 e. The van der Waals surface area contributed by atoms with Gasteiger partial charge in [-0.1, -0.05) is 27.7 Å². The molecule has 2 rings (SSSR count). The fraction of sp³-hybridized carbons (Fsp3) is 0.571. The van der Waals surface area contributed by atoms with Crippen molar-refractivity contribution in [2.24, 2.45) is 5.92 Å². The van der Waals surface area contributed by atoms with Crippen molar-refractivity contribution in [3.05, 3.63) is 29.3 Å². The van der Waals surface area contributed by atoms with Crippen molar-refractivity contribution in [2.45, 2.75) is 44.2 Å². The zero-order chi connectivity index (χ0) is 27.5. The molecule has 36 heavy (non-hydrogen) atoms. The minimum Gasteiger partial charge on any atom is -0.481 e. The Balaban J connectivity index is 0.000000809. The summed E-state index contributed by atoms with van der Waals surface area (Å²) in [5.74, 6) is -2.53. The Morgan fingerprint density at radius 2 is 1.61 bits per heavy atom. The molecule has 0 spiro atoms. The monoisotopic (exact) mass is 574 g/mol. The number of carboxylic acids is 2. The van der Waals surface area contributed by atoms with E-state index in [1.165, 1.54) is 25.9 Å². The Morgan fingerprint density at radius 1 is 1.06 bits per heavy atom. The van der Waals surface area contributed by atoms with Crippen molar-refractivity contribution >= 4 is 49.5 Å². The lowest BCUT2D eigenvalue weighted by Crippen LogP contribution is -2.43. The predicted octanol–water partition coefficient (Wildman–Crippen LogP) is 3.31. The van der Waals surface area contributed by atoms with Gasteiger partial charge in [0.15, 0.2) is 0 Å². The highest BCUT2D eigenvalue weighted by molar-refractivity contribution is 8.76. The van der Waals surface area contributed by atoms with Gasteiger partial charge in [0, 0.05) is 37.1 Å². The van der Waals surface area contributed by atoms with Crippen LogP contribution in [0, 0.1) is 19.8 Å². The number of carboxylic acid groups (broad SMARTS) is 2. The van der Waals surface area contributed by atoms with Crippen LogP contribution in [0.4, 0.5) is 13.2 Å². The summed E-state index contributed by atoms with van der Waals surface area (Å²) in [7, 11) is -0.511. The molecule has 3 N–H and O–H groups in total. The Morgan fingerprint density at radius 3 is 2.11 bits per heavy atom. The molecule has 0 radical (unpaired) electrons. The number of aliphatic carboxylic acids is 2. The molecule has 1 fully saturated rings. The Kier molecular flexibility index (Phi) is 13.1. The minimum atomic E-state index is -5.08. The summed E-state index contributed by atoms with van der Waals surface area (Å²) in [6.45, 7) is 5.04. The summed E-state index contributed by atoms with van der Waals surface area (Å²) in [5, 5.41) is 18.6. The van der Waals surface area contributed by atoms with Gasteiger partial charge in [-0.15, -0.1) is 0 Å². The van der Waals surface area contributed by atoms with Gasteiger partial charge in [-0.2, -0.15) is 17.5 Å². The topological polar surface area (TPSA) is 141 Å². The second kappa shape index (κ2) is 14.7. The molecular formula is C21H29F3N2O7S3. The number of amides is 1. The van der Waals surface area contributed by atoms with Crippen molar-refractivity contribution in [1.82, 2.24) is 9.62 Å². The molecule has 1 heterocycles. The van der Waals surface area contributed by atoms with Gasteiger partial charge in [-0.25, -0.2) is 13.2 Å². The maximum atomic E-state index is 12.9. The molecule has 15 heteroatoms. The van der Waals surface area contributed by atoms with E-state index >= 15 is 0 Å². The van der Waals surface area contributed by atoms with E-state index < -0.39 is 28.1 Å². The van der Waals surface area contributed by atoms with Crippen LogP contribution in [0.3, 0.4) is 0 Å². The highest BCUT2D eigenvalue weighted by Crippen LogP contribution is 2.25. The van der Waals surface area contributed by atoms with Crippen molar-refractivity contribution in [2.75, 3.05) is 31.1 Å². The number of piperidine rings is 1. The maximum absolute atomic E-state index is 12.9. The van der Waals surface area contributed by atoms with Crippen LogP contribution in [0.15, 0.2) is 23.1 Å². The third kappa shape index (κ3) is 11.0. The molecule has 0 aromatic heterocycles. The zero-order valence-electron chi connectivity index (χ0n) is 19.7. The average Bonchev–Trinajstić information content (AvgIpc) is 2.79. The number of carbonyl (C=O) groups is 3. The van der Waals surface area contributed by atoms with Crippen molar-refractivity contribution < 1.29 is 46.2 Å². The molecule has 204 valence electrons. The third-order valence-electron chi connectivity index (χ3n) is 5.15. The number of nitrogens with zero attached hydrogens (tertiary/aromatic N) is 1. The van der Waals surface area contributed by atoms with Crippen molar-refractivity contribution in [1.29, 1.82) is 0 Å². The van der Waals surface area contributed by atoms with E-state index in [-0.39, 0.29) is 18.2 Å². The zero-order valence-corrected chi connectivity index (χ0v) is 22.2. The second-order valence-electron chi connectivity index (χ2n) is 7.81.